The number of rotatable bonds is 5. The minimum Gasteiger partial charge on any atom is -0.350 e. The molecule has 2 aromatic rings. The molecule has 0 unspecified atom stereocenters. The standard InChI is InChI=1S/C18H15FN2O3S2/c1-11-2-7-14(25-11)16(22)20-8-9-21-17(23)15(26-18(21)24)10-12-3-5-13(19)6-4-12/h2-7,10H,8-9H2,1H3,(H,20,22)/b15-10-. The van der Waals surface area contributed by atoms with E-state index in [1.807, 2.05) is 13.0 Å². The number of aryl methyl sites for hydroxylation is 1. The number of imide groups is 1. The third-order valence-corrected chi connectivity index (χ3v) is 5.53. The first-order valence-corrected chi connectivity index (χ1v) is 9.43. The number of thiophene rings is 1. The van der Waals surface area contributed by atoms with Crippen LogP contribution >= 0.6 is 23.1 Å². The fourth-order valence-corrected chi connectivity index (χ4v) is 3.98. The van der Waals surface area contributed by atoms with Crippen LogP contribution in [-0.2, 0) is 4.79 Å². The molecule has 0 saturated carbocycles. The van der Waals surface area contributed by atoms with Crippen LogP contribution in [0.25, 0.3) is 6.08 Å². The molecule has 1 N–H and O–H groups in total. The summed E-state index contributed by atoms with van der Waals surface area (Å²) < 4.78 is 12.9. The zero-order valence-corrected chi connectivity index (χ0v) is 15.5. The molecule has 0 atom stereocenters. The highest BCUT2D eigenvalue weighted by atomic mass is 32.2. The Balaban J connectivity index is 1.58. The first kappa shape index (κ1) is 18.3. The number of benzene rings is 1. The maximum atomic E-state index is 12.9. The van der Waals surface area contributed by atoms with Crippen LogP contribution in [0.5, 0.6) is 0 Å². The Hall–Kier alpha value is -2.45. The summed E-state index contributed by atoms with van der Waals surface area (Å²) in [5, 5.41) is 2.32. The summed E-state index contributed by atoms with van der Waals surface area (Å²) in [7, 11) is 0. The van der Waals surface area contributed by atoms with E-state index in [1.165, 1.54) is 35.6 Å². The van der Waals surface area contributed by atoms with E-state index in [9.17, 15) is 18.8 Å². The van der Waals surface area contributed by atoms with Crippen molar-refractivity contribution in [1.82, 2.24) is 10.2 Å². The summed E-state index contributed by atoms with van der Waals surface area (Å²) in [6, 6.07) is 9.24. The minimum absolute atomic E-state index is 0.0987. The predicted octanol–water partition coefficient (Wildman–Crippen LogP) is 3.66. The monoisotopic (exact) mass is 390 g/mol. The van der Waals surface area contributed by atoms with Crippen molar-refractivity contribution in [3.05, 3.63) is 62.4 Å². The Kier molecular flexibility index (Phi) is 5.53. The van der Waals surface area contributed by atoms with E-state index in [-0.39, 0.29) is 35.0 Å². The highest BCUT2D eigenvalue weighted by Crippen LogP contribution is 2.31. The second-order valence-corrected chi connectivity index (χ2v) is 7.83. The highest BCUT2D eigenvalue weighted by molar-refractivity contribution is 8.18. The first-order chi connectivity index (χ1) is 12.4. The Morgan fingerprint density at radius 3 is 2.58 bits per heavy atom. The highest BCUT2D eigenvalue weighted by Gasteiger charge is 2.34. The fourth-order valence-electron chi connectivity index (χ4n) is 2.33. The van der Waals surface area contributed by atoms with E-state index in [0.29, 0.717) is 10.4 Å². The van der Waals surface area contributed by atoms with Gasteiger partial charge in [-0.1, -0.05) is 12.1 Å². The average Bonchev–Trinajstić information content (AvgIpc) is 3.15. The molecule has 0 bridgehead atoms. The molecule has 1 aliphatic heterocycles. The van der Waals surface area contributed by atoms with Gasteiger partial charge in [-0.25, -0.2) is 4.39 Å². The smallest absolute Gasteiger partial charge is 0.293 e. The molecule has 134 valence electrons. The van der Waals surface area contributed by atoms with Gasteiger partial charge in [0.2, 0.25) is 0 Å². The zero-order valence-electron chi connectivity index (χ0n) is 13.8. The summed E-state index contributed by atoms with van der Waals surface area (Å²) >= 11 is 2.22. The molecule has 8 heteroatoms. The zero-order chi connectivity index (χ0) is 18.7. The molecular weight excluding hydrogens is 375 g/mol. The van der Waals surface area contributed by atoms with Gasteiger partial charge in [-0.3, -0.25) is 19.3 Å². The molecule has 1 fully saturated rings. The quantitative estimate of drug-likeness (QED) is 0.792. The fraction of sp³-hybridized carbons (Fsp3) is 0.167. The molecule has 5 nitrogen and oxygen atoms in total. The van der Waals surface area contributed by atoms with E-state index < -0.39 is 5.91 Å². The molecule has 0 radical (unpaired) electrons. The number of carbonyl (C=O) groups is 3. The van der Waals surface area contributed by atoms with Crippen LogP contribution in [0.4, 0.5) is 9.18 Å². The lowest BCUT2D eigenvalue weighted by molar-refractivity contribution is -0.122. The lowest BCUT2D eigenvalue weighted by atomic mass is 10.2. The number of nitrogens with zero attached hydrogens (tertiary/aromatic N) is 1. The van der Waals surface area contributed by atoms with Gasteiger partial charge in [0.1, 0.15) is 5.82 Å². The van der Waals surface area contributed by atoms with Crippen LogP contribution in [-0.4, -0.2) is 35.0 Å². The van der Waals surface area contributed by atoms with Crippen molar-refractivity contribution in [3.63, 3.8) is 0 Å². The third kappa shape index (κ3) is 4.20. The van der Waals surface area contributed by atoms with Crippen molar-refractivity contribution in [2.75, 3.05) is 13.1 Å². The number of carbonyl (C=O) groups excluding carboxylic acids is 3. The minimum atomic E-state index is -0.412. The summed E-state index contributed by atoms with van der Waals surface area (Å²) in [6.07, 6.45) is 1.55. The molecule has 1 saturated heterocycles. The Morgan fingerprint density at radius 1 is 1.19 bits per heavy atom. The molecule has 1 aliphatic rings. The van der Waals surface area contributed by atoms with Gasteiger partial charge < -0.3 is 5.32 Å². The van der Waals surface area contributed by atoms with E-state index >= 15 is 0 Å². The number of hydrogen-bond acceptors (Lipinski definition) is 5. The van der Waals surface area contributed by atoms with Gasteiger partial charge in [0.15, 0.2) is 0 Å². The second kappa shape index (κ2) is 7.84. The van der Waals surface area contributed by atoms with Crippen molar-refractivity contribution >= 4 is 46.2 Å². The second-order valence-electron chi connectivity index (χ2n) is 5.55. The molecule has 3 rings (SSSR count). The number of amides is 3. The molecular formula is C18H15FN2O3S2. The van der Waals surface area contributed by atoms with Crippen molar-refractivity contribution < 1.29 is 18.8 Å². The summed E-state index contributed by atoms with van der Waals surface area (Å²) in [6.45, 7) is 2.19. The summed E-state index contributed by atoms with van der Waals surface area (Å²) in [4.78, 5) is 39.4. The van der Waals surface area contributed by atoms with Gasteiger partial charge in [-0.05, 0) is 54.6 Å². The SMILES string of the molecule is Cc1ccc(C(=O)NCCN2C(=O)S/C(=C\c3ccc(F)cc3)C2=O)s1. The molecule has 3 amide bonds. The maximum Gasteiger partial charge on any atom is 0.293 e. The molecule has 0 spiro atoms. The van der Waals surface area contributed by atoms with Crippen molar-refractivity contribution in [1.29, 1.82) is 0 Å². The Labute approximate surface area is 157 Å². The molecule has 2 heterocycles. The Bertz CT molecular complexity index is 890. The van der Waals surface area contributed by atoms with Crippen LogP contribution in [0.1, 0.15) is 20.1 Å². The predicted molar refractivity (Wildman–Crippen MR) is 100 cm³/mol. The van der Waals surface area contributed by atoms with E-state index in [1.54, 1.807) is 12.1 Å². The topological polar surface area (TPSA) is 66.5 Å². The summed E-state index contributed by atoms with van der Waals surface area (Å²) in [5.41, 5.74) is 0.637. The third-order valence-electron chi connectivity index (χ3n) is 3.63. The molecule has 1 aromatic carbocycles. The van der Waals surface area contributed by atoms with Crippen molar-refractivity contribution in [2.24, 2.45) is 0 Å². The largest absolute Gasteiger partial charge is 0.350 e. The maximum absolute atomic E-state index is 12.9. The molecule has 1 aromatic heterocycles. The lowest BCUT2D eigenvalue weighted by Crippen LogP contribution is -2.37. The van der Waals surface area contributed by atoms with Crippen LogP contribution < -0.4 is 5.32 Å². The number of thioether (sulfide) groups is 1. The van der Waals surface area contributed by atoms with Crippen molar-refractivity contribution in [2.45, 2.75) is 6.92 Å². The van der Waals surface area contributed by atoms with Gasteiger partial charge in [-0.2, -0.15) is 0 Å². The molecule has 0 aliphatic carbocycles. The van der Waals surface area contributed by atoms with E-state index in [2.05, 4.69) is 5.32 Å². The van der Waals surface area contributed by atoms with Crippen LogP contribution in [0.2, 0.25) is 0 Å². The van der Waals surface area contributed by atoms with Gasteiger partial charge in [0, 0.05) is 18.0 Å². The Morgan fingerprint density at radius 2 is 1.92 bits per heavy atom. The van der Waals surface area contributed by atoms with Gasteiger partial charge >= 0.3 is 0 Å². The van der Waals surface area contributed by atoms with Gasteiger partial charge in [0.05, 0.1) is 9.78 Å². The molecule has 26 heavy (non-hydrogen) atoms. The number of hydrogen-bond donors (Lipinski definition) is 1. The lowest BCUT2D eigenvalue weighted by Gasteiger charge is -2.12. The van der Waals surface area contributed by atoms with Crippen molar-refractivity contribution in [3.8, 4) is 0 Å². The first-order valence-electron chi connectivity index (χ1n) is 7.79. The van der Waals surface area contributed by atoms with Crippen LogP contribution in [0.15, 0.2) is 41.3 Å². The number of halogens is 1. The van der Waals surface area contributed by atoms with Gasteiger partial charge in [-0.15, -0.1) is 11.3 Å². The van der Waals surface area contributed by atoms with Gasteiger partial charge in [0.25, 0.3) is 17.1 Å². The summed E-state index contributed by atoms with van der Waals surface area (Å²) in [5.74, 6) is -1.01. The van der Waals surface area contributed by atoms with E-state index in [4.69, 9.17) is 0 Å². The van der Waals surface area contributed by atoms with Crippen LogP contribution in [0, 0.1) is 12.7 Å². The number of nitrogens with one attached hydrogen (secondary N) is 1. The average molecular weight is 390 g/mol. The van der Waals surface area contributed by atoms with Crippen LogP contribution in [0.3, 0.4) is 0 Å². The normalized spacial score (nSPS) is 15.8. The van der Waals surface area contributed by atoms with E-state index in [0.717, 1.165) is 21.5 Å².